The smallest absolute Gasteiger partial charge is 0.153 e. The van der Waals surface area contributed by atoms with Crippen molar-refractivity contribution in [3.05, 3.63) is 82.9 Å². The van der Waals surface area contributed by atoms with Gasteiger partial charge in [0.2, 0.25) is 0 Å². The minimum atomic E-state index is 0.447. The third kappa shape index (κ3) is 3.77. The number of methoxy groups -OCH3 is 1. The van der Waals surface area contributed by atoms with Gasteiger partial charge in [0.05, 0.1) is 12.7 Å². The fraction of sp³-hybridized carbons (Fsp3) is 0.174. The van der Waals surface area contributed by atoms with Crippen LogP contribution in [0.3, 0.4) is 0 Å². The van der Waals surface area contributed by atoms with E-state index in [9.17, 15) is 4.79 Å². The first-order valence-corrected chi connectivity index (χ1v) is 8.54. The van der Waals surface area contributed by atoms with Crippen LogP contribution >= 0.6 is 0 Å². The molecule has 3 heteroatoms. The highest BCUT2D eigenvalue weighted by Crippen LogP contribution is 2.28. The van der Waals surface area contributed by atoms with Gasteiger partial charge in [-0.3, -0.25) is 4.79 Å². The summed E-state index contributed by atoms with van der Waals surface area (Å²) in [5, 5.41) is 0. The monoisotopic (exact) mass is 346 g/mol. The number of carbonyl (C=O) groups excluding carboxylic acids is 1. The fourth-order valence-electron chi connectivity index (χ4n) is 3.13. The van der Waals surface area contributed by atoms with Gasteiger partial charge in [-0.2, -0.15) is 0 Å². The Hall–Kier alpha value is -3.07. The van der Waals surface area contributed by atoms with Gasteiger partial charge in [-0.05, 0) is 59.9 Å². The molecule has 3 aromatic rings. The molecule has 3 nitrogen and oxygen atoms in total. The molecule has 0 aliphatic rings. The summed E-state index contributed by atoms with van der Waals surface area (Å²) in [5.41, 5.74) is 6.58. The lowest BCUT2D eigenvalue weighted by molar-refractivity contribution is 0.112. The third-order valence-corrected chi connectivity index (χ3v) is 4.43. The van der Waals surface area contributed by atoms with Crippen LogP contribution in [0.25, 0.3) is 11.1 Å². The van der Waals surface area contributed by atoms with Gasteiger partial charge in [0.1, 0.15) is 18.1 Å². The summed E-state index contributed by atoms with van der Waals surface area (Å²) in [6, 6.07) is 19.9. The predicted molar refractivity (Wildman–Crippen MR) is 104 cm³/mol. The number of carbonyl (C=O) groups is 1. The molecule has 0 aromatic heterocycles. The quantitative estimate of drug-likeness (QED) is 0.563. The van der Waals surface area contributed by atoms with Gasteiger partial charge < -0.3 is 9.47 Å². The van der Waals surface area contributed by atoms with Crippen LogP contribution in [0, 0.1) is 13.8 Å². The molecular formula is C23H22O3. The lowest BCUT2D eigenvalue weighted by atomic mass is 9.95. The van der Waals surface area contributed by atoms with Gasteiger partial charge in [-0.1, -0.05) is 36.4 Å². The van der Waals surface area contributed by atoms with E-state index < -0.39 is 0 Å². The van der Waals surface area contributed by atoms with Crippen molar-refractivity contribution in [2.24, 2.45) is 0 Å². The fourth-order valence-corrected chi connectivity index (χ4v) is 3.13. The Morgan fingerprint density at radius 1 is 0.923 bits per heavy atom. The van der Waals surface area contributed by atoms with E-state index in [1.807, 2.05) is 6.07 Å². The molecule has 0 heterocycles. The molecule has 0 amide bonds. The van der Waals surface area contributed by atoms with Gasteiger partial charge in [-0.15, -0.1) is 0 Å². The maximum absolute atomic E-state index is 11.0. The standard InChI is InChI=1S/C23H22O3/c1-16-6-4-7-17(2)23(16)19-9-5-8-18(12-19)15-26-21-11-10-20(14-24)22(13-21)25-3/h4-14H,15H2,1-3H3. The molecular weight excluding hydrogens is 324 g/mol. The molecule has 0 atom stereocenters. The van der Waals surface area contributed by atoms with Crippen LogP contribution in [-0.2, 0) is 6.61 Å². The lowest BCUT2D eigenvalue weighted by Gasteiger charge is -2.13. The van der Waals surface area contributed by atoms with E-state index in [0.717, 1.165) is 11.8 Å². The van der Waals surface area contributed by atoms with E-state index in [2.05, 4.69) is 50.2 Å². The van der Waals surface area contributed by atoms with Crippen molar-refractivity contribution in [2.45, 2.75) is 20.5 Å². The molecule has 3 rings (SSSR count). The summed E-state index contributed by atoms with van der Waals surface area (Å²) in [4.78, 5) is 11.0. The first kappa shape index (κ1) is 17.7. The Balaban J connectivity index is 1.81. The highest BCUT2D eigenvalue weighted by atomic mass is 16.5. The number of benzene rings is 3. The van der Waals surface area contributed by atoms with Crippen molar-refractivity contribution in [3.63, 3.8) is 0 Å². The second kappa shape index (κ2) is 7.87. The van der Waals surface area contributed by atoms with Gasteiger partial charge in [0.25, 0.3) is 0 Å². The molecule has 0 N–H and O–H groups in total. The van der Waals surface area contributed by atoms with Crippen molar-refractivity contribution in [1.82, 2.24) is 0 Å². The third-order valence-electron chi connectivity index (χ3n) is 4.43. The molecule has 0 fully saturated rings. The topological polar surface area (TPSA) is 35.5 Å². The summed E-state index contributed by atoms with van der Waals surface area (Å²) in [5.74, 6) is 1.19. The Kier molecular flexibility index (Phi) is 5.37. The summed E-state index contributed by atoms with van der Waals surface area (Å²) in [6.45, 7) is 4.71. The number of hydrogen-bond acceptors (Lipinski definition) is 3. The Morgan fingerprint density at radius 3 is 2.35 bits per heavy atom. The molecule has 0 bridgehead atoms. The average Bonchev–Trinajstić information content (AvgIpc) is 2.66. The van der Waals surface area contributed by atoms with Crippen LogP contribution in [0.2, 0.25) is 0 Å². The molecule has 0 saturated carbocycles. The van der Waals surface area contributed by atoms with Crippen molar-refractivity contribution in [3.8, 4) is 22.6 Å². The number of aryl methyl sites for hydroxylation is 2. The molecule has 0 aliphatic heterocycles. The SMILES string of the molecule is COc1cc(OCc2cccc(-c3c(C)cccc3C)c2)ccc1C=O. The van der Waals surface area contributed by atoms with E-state index in [4.69, 9.17) is 9.47 Å². The summed E-state index contributed by atoms with van der Waals surface area (Å²) in [6.07, 6.45) is 0.774. The summed E-state index contributed by atoms with van der Waals surface area (Å²) in [7, 11) is 1.54. The number of ether oxygens (including phenoxy) is 2. The molecule has 0 saturated heterocycles. The Bertz CT molecular complexity index is 908. The van der Waals surface area contributed by atoms with Crippen LogP contribution in [0.1, 0.15) is 27.0 Å². The second-order valence-electron chi connectivity index (χ2n) is 6.28. The minimum Gasteiger partial charge on any atom is -0.496 e. The average molecular weight is 346 g/mol. The Morgan fingerprint density at radius 2 is 1.65 bits per heavy atom. The van der Waals surface area contributed by atoms with Crippen LogP contribution in [-0.4, -0.2) is 13.4 Å². The minimum absolute atomic E-state index is 0.447. The van der Waals surface area contributed by atoms with Crippen molar-refractivity contribution >= 4 is 6.29 Å². The molecule has 0 radical (unpaired) electrons. The van der Waals surface area contributed by atoms with Crippen LogP contribution < -0.4 is 9.47 Å². The molecule has 0 unspecified atom stereocenters. The highest BCUT2D eigenvalue weighted by Gasteiger charge is 2.07. The van der Waals surface area contributed by atoms with E-state index in [-0.39, 0.29) is 0 Å². The maximum atomic E-state index is 11.0. The maximum Gasteiger partial charge on any atom is 0.153 e. The van der Waals surface area contributed by atoms with E-state index >= 15 is 0 Å². The van der Waals surface area contributed by atoms with Gasteiger partial charge in [0, 0.05) is 6.07 Å². The molecule has 0 aliphatic carbocycles. The largest absolute Gasteiger partial charge is 0.496 e. The molecule has 3 aromatic carbocycles. The van der Waals surface area contributed by atoms with Crippen LogP contribution in [0.4, 0.5) is 0 Å². The van der Waals surface area contributed by atoms with Crippen molar-refractivity contribution in [1.29, 1.82) is 0 Å². The first-order chi connectivity index (χ1) is 12.6. The van der Waals surface area contributed by atoms with E-state index in [0.29, 0.717) is 23.7 Å². The van der Waals surface area contributed by atoms with Gasteiger partial charge in [0.15, 0.2) is 6.29 Å². The zero-order chi connectivity index (χ0) is 18.5. The Labute approximate surface area is 154 Å². The van der Waals surface area contributed by atoms with Gasteiger partial charge >= 0.3 is 0 Å². The molecule has 0 spiro atoms. The van der Waals surface area contributed by atoms with E-state index in [1.54, 1.807) is 25.3 Å². The molecule has 132 valence electrons. The van der Waals surface area contributed by atoms with Crippen LogP contribution in [0.5, 0.6) is 11.5 Å². The normalized spacial score (nSPS) is 10.4. The molecule has 26 heavy (non-hydrogen) atoms. The summed E-state index contributed by atoms with van der Waals surface area (Å²) >= 11 is 0. The van der Waals surface area contributed by atoms with Crippen molar-refractivity contribution in [2.75, 3.05) is 7.11 Å². The highest BCUT2D eigenvalue weighted by molar-refractivity contribution is 5.79. The number of aldehydes is 1. The van der Waals surface area contributed by atoms with Crippen LogP contribution in [0.15, 0.2) is 60.7 Å². The zero-order valence-corrected chi connectivity index (χ0v) is 15.3. The summed E-state index contributed by atoms with van der Waals surface area (Å²) < 4.78 is 11.1. The second-order valence-corrected chi connectivity index (χ2v) is 6.28. The predicted octanol–water partition coefficient (Wildman–Crippen LogP) is 5.37. The number of hydrogen-bond donors (Lipinski definition) is 0. The first-order valence-electron chi connectivity index (χ1n) is 8.54. The number of rotatable bonds is 6. The van der Waals surface area contributed by atoms with Crippen molar-refractivity contribution < 1.29 is 14.3 Å². The lowest BCUT2D eigenvalue weighted by Crippen LogP contribution is -1.98. The van der Waals surface area contributed by atoms with Gasteiger partial charge in [-0.25, -0.2) is 0 Å². The van der Waals surface area contributed by atoms with E-state index in [1.165, 1.54) is 22.3 Å². The zero-order valence-electron chi connectivity index (χ0n) is 15.3.